The van der Waals surface area contributed by atoms with Crippen LogP contribution in [0.4, 0.5) is 5.69 Å². The molecule has 0 fully saturated rings. The second-order valence-electron chi connectivity index (χ2n) is 5.36. The molecule has 0 aliphatic rings. The summed E-state index contributed by atoms with van der Waals surface area (Å²) in [5, 5.41) is 12.3. The lowest BCUT2D eigenvalue weighted by Crippen LogP contribution is -2.07. The van der Waals surface area contributed by atoms with Crippen LogP contribution in [0, 0.1) is 11.3 Å². The van der Waals surface area contributed by atoms with Crippen molar-refractivity contribution in [3.63, 3.8) is 0 Å². The van der Waals surface area contributed by atoms with Gasteiger partial charge in [-0.15, -0.1) is 0 Å². The molecule has 0 saturated carbocycles. The predicted molar refractivity (Wildman–Crippen MR) is 106 cm³/mol. The highest BCUT2D eigenvalue weighted by Crippen LogP contribution is 2.17. The number of nitriles is 1. The van der Waals surface area contributed by atoms with Crippen molar-refractivity contribution < 1.29 is 14.3 Å². The summed E-state index contributed by atoms with van der Waals surface area (Å²) < 4.78 is 4.81. The van der Waals surface area contributed by atoms with Gasteiger partial charge in [0.15, 0.2) is 0 Å². The molecule has 5 nitrogen and oxygen atoms in total. The Morgan fingerprint density at radius 1 is 1.19 bits per heavy atom. The van der Waals surface area contributed by atoms with Gasteiger partial charge in [-0.2, -0.15) is 5.26 Å². The molecular weight excluding hydrogens is 364 g/mol. The van der Waals surface area contributed by atoms with Crippen molar-refractivity contribution >= 4 is 41.3 Å². The quantitative estimate of drug-likeness (QED) is 0.455. The first-order valence-corrected chi connectivity index (χ1v) is 8.54. The molecule has 0 unspecified atom stereocenters. The van der Waals surface area contributed by atoms with Crippen molar-refractivity contribution in [3.05, 3.63) is 76.3 Å². The molecule has 136 valence electrons. The third-order valence-corrected chi connectivity index (χ3v) is 3.77. The largest absolute Gasteiger partial charge is 0.462 e. The van der Waals surface area contributed by atoms with Gasteiger partial charge in [0.2, 0.25) is 5.91 Å². The number of carbonyl (C=O) groups is 2. The van der Waals surface area contributed by atoms with Crippen LogP contribution in [-0.4, -0.2) is 18.5 Å². The Labute approximate surface area is 162 Å². The normalized spacial score (nSPS) is 11.1. The predicted octanol–water partition coefficient (Wildman–Crippen LogP) is 4.46. The Hall–Kier alpha value is -3.36. The van der Waals surface area contributed by atoms with E-state index in [1.165, 1.54) is 12.2 Å². The van der Waals surface area contributed by atoms with Gasteiger partial charge in [0.05, 0.1) is 6.61 Å². The fourth-order valence-electron chi connectivity index (χ4n) is 2.13. The number of hydrogen-bond donors (Lipinski definition) is 1. The number of hydrogen-bond acceptors (Lipinski definition) is 4. The first-order chi connectivity index (χ1) is 13.0. The number of nitrogens with zero attached hydrogens (tertiary/aromatic N) is 1. The van der Waals surface area contributed by atoms with Gasteiger partial charge in [0, 0.05) is 16.8 Å². The maximum absolute atomic E-state index is 12.0. The number of amides is 1. The van der Waals surface area contributed by atoms with Crippen LogP contribution in [0.3, 0.4) is 0 Å². The van der Waals surface area contributed by atoms with Crippen molar-refractivity contribution in [2.75, 3.05) is 11.9 Å². The first-order valence-electron chi connectivity index (χ1n) is 8.16. The molecule has 0 radical (unpaired) electrons. The standard InChI is InChI=1S/C21H17ClN2O3/c1-2-27-21(26)17(14-23)13-15-7-10-18(11-8-15)24-20(25)12-9-16-5-3-4-6-19(16)22/h3-13H,2H2,1H3,(H,24,25). The minimum atomic E-state index is -0.665. The van der Waals surface area contributed by atoms with Gasteiger partial charge in [-0.1, -0.05) is 41.9 Å². The van der Waals surface area contributed by atoms with E-state index in [1.807, 2.05) is 24.3 Å². The van der Waals surface area contributed by atoms with Crippen LogP contribution >= 0.6 is 11.6 Å². The zero-order valence-corrected chi connectivity index (χ0v) is 15.4. The minimum Gasteiger partial charge on any atom is -0.462 e. The Morgan fingerprint density at radius 3 is 2.52 bits per heavy atom. The molecule has 2 aromatic carbocycles. The van der Waals surface area contributed by atoms with Crippen LogP contribution in [0.5, 0.6) is 0 Å². The average molecular weight is 381 g/mol. The van der Waals surface area contributed by atoms with Crippen molar-refractivity contribution in [1.82, 2.24) is 0 Å². The molecule has 0 aliphatic carbocycles. The summed E-state index contributed by atoms with van der Waals surface area (Å²) in [4.78, 5) is 23.6. The SMILES string of the molecule is CCOC(=O)C(C#N)=Cc1ccc(NC(=O)C=Cc2ccccc2Cl)cc1. The van der Waals surface area contributed by atoms with E-state index >= 15 is 0 Å². The number of esters is 1. The van der Waals surface area contributed by atoms with E-state index < -0.39 is 5.97 Å². The third-order valence-electron chi connectivity index (χ3n) is 3.42. The van der Waals surface area contributed by atoms with Crippen molar-refractivity contribution in [2.24, 2.45) is 0 Å². The number of halogens is 1. The van der Waals surface area contributed by atoms with Crippen LogP contribution in [0.1, 0.15) is 18.1 Å². The Kier molecular flexibility index (Phi) is 7.36. The van der Waals surface area contributed by atoms with Crippen LogP contribution < -0.4 is 5.32 Å². The molecule has 1 N–H and O–H groups in total. The smallest absolute Gasteiger partial charge is 0.348 e. The summed E-state index contributed by atoms with van der Waals surface area (Å²) in [6.07, 6.45) is 4.46. The molecule has 0 aliphatic heterocycles. The highest BCUT2D eigenvalue weighted by molar-refractivity contribution is 6.32. The number of ether oxygens (including phenoxy) is 1. The maximum Gasteiger partial charge on any atom is 0.348 e. The molecule has 2 rings (SSSR count). The molecule has 1 amide bonds. The molecule has 0 atom stereocenters. The Bertz CT molecular complexity index is 925. The zero-order chi connectivity index (χ0) is 19.6. The summed E-state index contributed by atoms with van der Waals surface area (Å²) in [6.45, 7) is 1.87. The van der Waals surface area contributed by atoms with Crippen molar-refractivity contribution in [1.29, 1.82) is 5.26 Å². The lowest BCUT2D eigenvalue weighted by molar-refractivity contribution is -0.137. The molecule has 0 bridgehead atoms. The van der Waals surface area contributed by atoms with Gasteiger partial charge in [-0.05, 0) is 48.4 Å². The van der Waals surface area contributed by atoms with Crippen LogP contribution in [0.15, 0.2) is 60.2 Å². The van der Waals surface area contributed by atoms with Crippen LogP contribution in [0.2, 0.25) is 5.02 Å². The highest BCUT2D eigenvalue weighted by atomic mass is 35.5. The van der Waals surface area contributed by atoms with E-state index in [9.17, 15) is 9.59 Å². The molecular formula is C21H17ClN2O3. The molecule has 27 heavy (non-hydrogen) atoms. The first kappa shape index (κ1) is 20.0. The van der Waals surface area contributed by atoms with Gasteiger partial charge in [0.25, 0.3) is 0 Å². The monoisotopic (exact) mass is 380 g/mol. The fourth-order valence-corrected chi connectivity index (χ4v) is 2.33. The Balaban J connectivity index is 2.03. The number of anilines is 1. The van der Waals surface area contributed by atoms with Gasteiger partial charge in [-0.25, -0.2) is 4.79 Å². The fraction of sp³-hybridized carbons (Fsp3) is 0.0952. The van der Waals surface area contributed by atoms with Gasteiger partial charge >= 0.3 is 5.97 Å². The topological polar surface area (TPSA) is 79.2 Å². The molecule has 0 spiro atoms. The summed E-state index contributed by atoms with van der Waals surface area (Å²) in [5.41, 5.74) is 1.88. The van der Waals surface area contributed by atoms with Crippen LogP contribution in [-0.2, 0) is 14.3 Å². The molecule has 0 heterocycles. The molecule has 2 aromatic rings. The van der Waals surface area contributed by atoms with Crippen molar-refractivity contribution in [3.8, 4) is 6.07 Å². The van der Waals surface area contributed by atoms with Crippen LogP contribution in [0.25, 0.3) is 12.2 Å². The number of nitrogens with one attached hydrogen (secondary N) is 1. The third kappa shape index (κ3) is 6.14. The van der Waals surface area contributed by atoms with E-state index in [0.717, 1.165) is 5.56 Å². The van der Waals surface area contributed by atoms with E-state index in [4.69, 9.17) is 21.6 Å². The lowest BCUT2D eigenvalue weighted by Gasteiger charge is -2.04. The van der Waals surface area contributed by atoms with E-state index in [2.05, 4.69) is 5.32 Å². The van der Waals surface area contributed by atoms with E-state index in [1.54, 1.807) is 43.3 Å². The van der Waals surface area contributed by atoms with Crippen molar-refractivity contribution in [2.45, 2.75) is 6.92 Å². The number of rotatable bonds is 6. The summed E-state index contributed by atoms with van der Waals surface area (Å²) >= 11 is 6.04. The second kappa shape index (κ2) is 9.95. The minimum absolute atomic E-state index is 0.0868. The molecule has 0 saturated heterocycles. The molecule has 6 heteroatoms. The lowest BCUT2D eigenvalue weighted by atomic mass is 10.1. The number of carbonyl (C=O) groups excluding carboxylic acids is 2. The van der Waals surface area contributed by atoms with Gasteiger partial charge in [-0.3, -0.25) is 4.79 Å². The summed E-state index contributed by atoms with van der Waals surface area (Å²) in [7, 11) is 0. The van der Waals surface area contributed by atoms with E-state index in [-0.39, 0.29) is 18.1 Å². The highest BCUT2D eigenvalue weighted by Gasteiger charge is 2.09. The summed E-state index contributed by atoms with van der Waals surface area (Å²) in [6, 6.07) is 15.7. The van der Waals surface area contributed by atoms with Gasteiger partial charge < -0.3 is 10.1 Å². The second-order valence-corrected chi connectivity index (χ2v) is 5.76. The number of benzene rings is 2. The van der Waals surface area contributed by atoms with Gasteiger partial charge in [0.1, 0.15) is 11.6 Å². The average Bonchev–Trinajstić information content (AvgIpc) is 2.67. The summed E-state index contributed by atoms with van der Waals surface area (Å²) in [5.74, 6) is -0.968. The zero-order valence-electron chi connectivity index (χ0n) is 14.6. The maximum atomic E-state index is 12.0. The van der Waals surface area contributed by atoms with E-state index in [0.29, 0.717) is 16.3 Å². The Morgan fingerprint density at radius 2 is 1.89 bits per heavy atom. The molecule has 0 aromatic heterocycles.